The van der Waals surface area contributed by atoms with Gasteiger partial charge in [0.05, 0.1) is 0 Å². The molecule has 0 saturated heterocycles. The molecule has 0 amide bonds. The highest BCUT2D eigenvalue weighted by Crippen LogP contribution is 2.26. The summed E-state index contributed by atoms with van der Waals surface area (Å²) in [6, 6.07) is 10.4. The Balaban J connectivity index is 3.29. The number of hydrogen-bond donors (Lipinski definition) is 0. The molecule has 116 valence electrons. The van der Waals surface area contributed by atoms with Crippen LogP contribution < -0.4 is 4.90 Å². The Bertz CT molecular complexity index is 582. The molecule has 0 aromatic heterocycles. The predicted molar refractivity (Wildman–Crippen MR) is 99.8 cm³/mol. The first-order valence-electron chi connectivity index (χ1n) is 7.74. The molecule has 0 aliphatic rings. The van der Waals surface area contributed by atoms with Gasteiger partial charge in [0.25, 0.3) is 0 Å². The van der Waals surface area contributed by atoms with Gasteiger partial charge in [0, 0.05) is 17.1 Å². The number of para-hydroxylation sites is 1. The predicted octanol–water partition coefficient (Wildman–Crippen LogP) is 6.40. The third-order valence-electron chi connectivity index (χ3n) is 3.23. The van der Waals surface area contributed by atoms with E-state index in [0.29, 0.717) is 0 Å². The molecular formula is C21H27N. The number of hydrogen-bond acceptors (Lipinski definition) is 1. The van der Waals surface area contributed by atoms with Gasteiger partial charge in [0.2, 0.25) is 0 Å². The van der Waals surface area contributed by atoms with Crippen molar-refractivity contribution in [2.45, 2.75) is 34.1 Å². The fraction of sp³-hybridized carbons (Fsp3) is 0.238. The SMILES string of the molecule is C=C/C(=C\CC=C(C)C)N(C(/C=C\C)=C/C)c1ccccc1. The molecule has 0 bridgehead atoms. The lowest BCUT2D eigenvalue weighted by atomic mass is 10.1. The minimum atomic E-state index is 0.903. The summed E-state index contributed by atoms with van der Waals surface area (Å²) in [4.78, 5) is 2.23. The average Bonchev–Trinajstić information content (AvgIpc) is 2.53. The average molecular weight is 293 g/mol. The normalized spacial score (nSPS) is 12.4. The van der Waals surface area contributed by atoms with Crippen LogP contribution in [0.2, 0.25) is 0 Å². The Hall–Kier alpha value is -2.28. The second-order valence-electron chi connectivity index (χ2n) is 5.23. The maximum absolute atomic E-state index is 4.00. The van der Waals surface area contributed by atoms with Gasteiger partial charge in [0.15, 0.2) is 0 Å². The highest BCUT2D eigenvalue weighted by Gasteiger charge is 2.11. The Morgan fingerprint density at radius 2 is 1.73 bits per heavy atom. The van der Waals surface area contributed by atoms with E-state index in [2.05, 4.69) is 86.9 Å². The second-order valence-corrected chi connectivity index (χ2v) is 5.23. The zero-order chi connectivity index (χ0) is 16.4. The molecule has 0 unspecified atom stereocenters. The van der Waals surface area contributed by atoms with Crippen molar-refractivity contribution in [1.82, 2.24) is 0 Å². The van der Waals surface area contributed by atoms with Crippen molar-refractivity contribution < 1.29 is 0 Å². The molecular weight excluding hydrogens is 266 g/mol. The first-order valence-corrected chi connectivity index (χ1v) is 7.74. The van der Waals surface area contributed by atoms with E-state index in [-0.39, 0.29) is 0 Å². The Morgan fingerprint density at radius 3 is 2.23 bits per heavy atom. The van der Waals surface area contributed by atoms with Crippen LogP contribution >= 0.6 is 0 Å². The molecule has 1 heteroatoms. The van der Waals surface area contributed by atoms with Gasteiger partial charge in [-0.25, -0.2) is 0 Å². The molecule has 1 aromatic carbocycles. The summed E-state index contributed by atoms with van der Waals surface area (Å²) in [5, 5.41) is 0. The Morgan fingerprint density at radius 1 is 1.05 bits per heavy atom. The highest BCUT2D eigenvalue weighted by atomic mass is 15.1. The fourth-order valence-corrected chi connectivity index (χ4v) is 2.18. The van der Waals surface area contributed by atoms with Crippen LogP contribution in [0.3, 0.4) is 0 Å². The van der Waals surface area contributed by atoms with Crippen molar-refractivity contribution in [2.24, 2.45) is 0 Å². The largest absolute Gasteiger partial charge is 0.311 e. The van der Waals surface area contributed by atoms with E-state index >= 15 is 0 Å². The zero-order valence-electron chi connectivity index (χ0n) is 14.2. The minimum absolute atomic E-state index is 0.903. The molecule has 0 saturated carbocycles. The number of allylic oxidation sites excluding steroid dienone is 7. The monoisotopic (exact) mass is 293 g/mol. The summed E-state index contributed by atoms with van der Waals surface area (Å²) in [6.45, 7) is 12.3. The molecule has 1 nitrogen and oxygen atoms in total. The molecule has 0 atom stereocenters. The number of nitrogens with zero attached hydrogens (tertiary/aromatic N) is 1. The Labute approximate surface area is 135 Å². The quantitative estimate of drug-likeness (QED) is 0.415. The van der Waals surface area contributed by atoms with Crippen molar-refractivity contribution in [3.63, 3.8) is 0 Å². The van der Waals surface area contributed by atoms with E-state index in [0.717, 1.165) is 23.5 Å². The third-order valence-corrected chi connectivity index (χ3v) is 3.23. The van der Waals surface area contributed by atoms with E-state index in [1.807, 2.05) is 19.1 Å². The standard InChI is InChI=1S/C21H27N/c1-6-13-19(7-2)22(21-15-10-9-11-16-21)20(8-3)17-12-14-18(4)5/h6-11,13-17H,3,12H2,1-2,4-5H3/b13-6-,19-7+,20-17+. The van der Waals surface area contributed by atoms with E-state index in [4.69, 9.17) is 0 Å². The van der Waals surface area contributed by atoms with Crippen molar-refractivity contribution in [1.29, 1.82) is 0 Å². The van der Waals surface area contributed by atoms with Gasteiger partial charge in [-0.2, -0.15) is 0 Å². The first kappa shape index (κ1) is 17.8. The minimum Gasteiger partial charge on any atom is -0.311 e. The van der Waals surface area contributed by atoms with Gasteiger partial charge in [0.1, 0.15) is 0 Å². The zero-order valence-corrected chi connectivity index (χ0v) is 14.2. The van der Waals surface area contributed by atoms with Gasteiger partial charge in [-0.15, -0.1) is 0 Å². The van der Waals surface area contributed by atoms with E-state index < -0.39 is 0 Å². The molecule has 22 heavy (non-hydrogen) atoms. The first-order chi connectivity index (χ1) is 10.6. The van der Waals surface area contributed by atoms with E-state index in [1.54, 1.807) is 0 Å². The van der Waals surface area contributed by atoms with E-state index in [9.17, 15) is 0 Å². The lowest BCUT2D eigenvalue weighted by molar-refractivity contribution is 1.11. The lowest BCUT2D eigenvalue weighted by Crippen LogP contribution is -2.19. The molecule has 1 rings (SSSR count). The van der Waals surface area contributed by atoms with Crippen molar-refractivity contribution >= 4 is 5.69 Å². The van der Waals surface area contributed by atoms with Crippen molar-refractivity contribution in [3.05, 3.63) is 90.3 Å². The van der Waals surface area contributed by atoms with E-state index in [1.165, 1.54) is 5.57 Å². The van der Waals surface area contributed by atoms with Gasteiger partial charge in [-0.05, 0) is 58.4 Å². The topological polar surface area (TPSA) is 3.24 Å². The molecule has 1 aromatic rings. The van der Waals surface area contributed by atoms with Crippen molar-refractivity contribution in [2.75, 3.05) is 4.90 Å². The van der Waals surface area contributed by atoms with Gasteiger partial charge in [-0.1, -0.05) is 54.7 Å². The van der Waals surface area contributed by atoms with Gasteiger partial charge in [-0.3, -0.25) is 0 Å². The van der Waals surface area contributed by atoms with Gasteiger partial charge < -0.3 is 4.90 Å². The van der Waals surface area contributed by atoms with Crippen LogP contribution in [0.25, 0.3) is 0 Å². The summed E-state index contributed by atoms with van der Waals surface area (Å²) in [5.41, 5.74) is 4.69. The maximum Gasteiger partial charge on any atom is 0.0461 e. The second kappa shape index (κ2) is 9.62. The Kier molecular flexibility index (Phi) is 7.77. The van der Waals surface area contributed by atoms with Crippen LogP contribution in [0.4, 0.5) is 5.69 Å². The molecule has 0 spiro atoms. The van der Waals surface area contributed by atoms with Crippen LogP contribution in [-0.4, -0.2) is 0 Å². The van der Waals surface area contributed by atoms with Crippen LogP contribution in [-0.2, 0) is 0 Å². The summed E-state index contributed by atoms with van der Waals surface area (Å²) in [6.07, 6.45) is 13.5. The van der Waals surface area contributed by atoms with Crippen LogP contribution in [0.15, 0.2) is 90.3 Å². The lowest BCUT2D eigenvalue weighted by Gasteiger charge is -2.27. The summed E-state index contributed by atoms with van der Waals surface area (Å²) < 4.78 is 0. The molecule has 0 aliphatic heterocycles. The third kappa shape index (κ3) is 5.25. The molecule has 0 radical (unpaired) electrons. The van der Waals surface area contributed by atoms with Gasteiger partial charge >= 0.3 is 0 Å². The number of rotatable bonds is 7. The molecule has 0 aliphatic carbocycles. The summed E-state index contributed by atoms with van der Waals surface area (Å²) >= 11 is 0. The molecule has 0 N–H and O–H groups in total. The fourth-order valence-electron chi connectivity index (χ4n) is 2.18. The molecule has 0 fully saturated rings. The van der Waals surface area contributed by atoms with Crippen LogP contribution in [0.1, 0.15) is 34.1 Å². The number of anilines is 1. The number of benzene rings is 1. The smallest absolute Gasteiger partial charge is 0.0461 e. The van der Waals surface area contributed by atoms with Crippen LogP contribution in [0.5, 0.6) is 0 Å². The van der Waals surface area contributed by atoms with Crippen molar-refractivity contribution in [3.8, 4) is 0 Å². The van der Waals surface area contributed by atoms with Crippen LogP contribution in [0, 0.1) is 0 Å². The summed E-state index contributed by atoms with van der Waals surface area (Å²) in [7, 11) is 0. The maximum atomic E-state index is 4.00. The highest BCUT2D eigenvalue weighted by molar-refractivity contribution is 5.62. The molecule has 0 heterocycles. The summed E-state index contributed by atoms with van der Waals surface area (Å²) in [5.74, 6) is 0.